The molecule has 0 N–H and O–H groups in total. The summed E-state index contributed by atoms with van der Waals surface area (Å²) >= 11 is 1.75. The summed E-state index contributed by atoms with van der Waals surface area (Å²) in [5.74, 6) is -0.610. The molecule has 1 aromatic carbocycles. The molecule has 0 spiro atoms. The zero-order valence-electron chi connectivity index (χ0n) is 21.2. The van der Waals surface area contributed by atoms with Gasteiger partial charge in [-0.3, -0.25) is 9.59 Å². The Morgan fingerprint density at radius 2 is 2.00 bits per heavy atom. The van der Waals surface area contributed by atoms with Crippen molar-refractivity contribution in [2.75, 3.05) is 13.7 Å². The van der Waals surface area contributed by atoms with Crippen molar-refractivity contribution in [2.24, 2.45) is 5.92 Å². The first-order valence-corrected chi connectivity index (χ1v) is 14.0. The summed E-state index contributed by atoms with van der Waals surface area (Å²) in [5, 5.41) is 6.81. The van der Waals surface area contributed by atoms with E-state index in [0.29, 0.717) is 41.5 Å². The smallest absolute Gasteiger partial charge is 0.309 e. The molecule has 7 nitrogen and oxygen atoms in total. The molecule has 1 amide bonds. The number of amides is 1. The Bertz CT molecular complexity index is 1610. The summed E-state index contributed by atoms with van der Waals surface area (Å²) in [6.07, 6.45) is 3.60. The molecule has 194 valence electrons. The van der Waals surface area contributed by atoms with Crippen LogP contribution >= 0.6 is 11.3 Å². The Balaban J connectivity index is 1.22. The fourth-order valence-corrected chi connectivity index (χ4v) is 6.75. The fraction of sp³-hybridized carbons (Fsp3) is 0.379. The van der Waals surface area contributed by atoms with Gasteiger partial charge in [0.25, 0.3) is 5.91 Å². The maximum absolute atomic E-state index is 15.3. The molecule has 0 radical (unpaired) electrons. The van der Waals surface area contributed by atoms with Gasteiger partial charge >= 0.3 is 5.97 Å². The second kappa shape index (κ2) is 8.73. The van der Waals surface area contributed by atoms with Gasteiger partial charge in [0.2, 0.25) is 0 Å². The lowest BCUT2D eigenvalue weighted by atomic mass is 10.0. The van der Waals surface area contributed by atoms with Gasteiger partial charge in [0.05, 0.1) is 24.8 Å². The summed E-state index contributed by atoms with van der Waals surface area (Å²) in [7, 11) is 1.38. The number of esters is 1. The molecular weight excluding hydrogens is 503 g/mol. The predicted molar refractivity (Wildman–Crippen MR) is 141 cm³/mol. The average Bonchev–Trinajstić information content (AvgIpc) is 3.83. The molecule has 2 unspecified atom stereocenters. The molecule has 0 bridgehead atoms. The van der Waals surface area contributed by atoms with Crippen molar-refractivity contribution in [1.29, 1.82) is 0 Å². The number of fused-ring (bicyclic) bond motifs is 2. The number of benzene rings is 1. The van der Waals surface area contributed by atoms with Gasteiger partial charge in [-0.15, -0.1) is 11.3 Å². The standard InChI is InChI=1S/C29H27FN4O3S/c1-15-18-8-10-38-26(18)7-9-33(15)28(35)24-13-25(16-3-4-16)34-27(31-24)14-23(32-34)19-6-5-17(11-22(19)30)20-12-21(20)29(36)37-2/h5-6,8,10-11,13-16,20-21H,3-4,7,9,12H2,1-2H3/t15?,20-,21?/m1/s1. The van der Waals surface area contributed by atoms with Gasteiger partial charge in [-0.25, -0.2) is 13.9 Å². The molecule has 2 saturated carbocycles. The van der Waals surface area contributed by atoms with Crippen molar-refractivity contribution in [1.82, 2.24) is 19.5 Å². The van der Waals surface area contributed by atoms with E-state index < -0.39 is 0 Å². The Kier molecular flexibility index (Phi) is 5.40. The minimum absolute atomic E-state index is 0.00164. The normalized spacial score (nSPS) is 22.4. The van der Waals surface area contributed by atoms with Crippen molar-refractivity contribution in [3.05, 3.63) is 75.0 Å². The highest BCUT2D eigenvalue weighted by Crippen LogP contribution is 2.48. The SMILES string of the molecule is COC(=O)C1C[C@@H]1c1ccc(-c2cc3nc(C(=O)N4CCc5sccc5C4C)cc(C4CC4)n3n2)c(F)c1. The molecule has 3 aromatic heterocycles. The van der Waals surface area contributed by atoms with Crippen molar-refractivity contribution in [3.63, 3.8) is 0 Å². The van der Waals surface area contributed by atoms with E-state index in [-0.39, 0.29) is 35.6 Å². The second-order valence-electron chi connectivity index (χ2n) is 10.6. The Morgan fingerprint density at radius 1 is 1.16 bits per heavy atom. The van der Waals surface area contributed by atoms with Crippen LogP contribution in [0.25, 0.3) is 16.9 Å². The van der Waals surface area contributed by atoms with Crippen LogP contribution in [-0.2, 0) is 16.0 Å². The van der Waals surface area contributed by atoms with Crippen LogP contribution in [0.3, 0.4) is 0 Å². The summed E-state index contributed by atoms with van der Waals surface area (Å²) in [5.41, 5.74) is 4.76. The summed E-state index contributed by atoms with van der Waals surface area (Å²) in [4.78, 5) is 33.4. The fourth-order valence-electron chi connectivity index (χ4n) is 5.79. The second-order valence-corrected chi connectivity index (χ2v) is 11.6. The summed E-state index contributed by atoms with van der Waals surface area (Å²) < 4.78 is 21.9. The molecule has 1 aliphatic heterocycles. The van der Waals surface area contributed by atoms with Crippen molar-refractivity contribution in [3.8, 4) is 11.3 Å². The number of nitrogens with zero attached hydrogens (tertiary/aromatic N) is 4. The van der Waals surface area contributed by atoms with Crippen LogP contribution in [-0.4, -0.2) is 45.0 Å². The number of hydrogen-bond donors (Lipinski definition) is 0. The molecule has 0 saturated heterocycles. The highest BCUT2D eigenvalue weighted by atomic mass is 32.1. The molecule has 7 rings (SSSR count). The van der Waals surface area contributed by atoms with E-state index >= 15 is 4.39 Å². The number of carbonyl (C=O) groups is 2. The van der Waals surface area contributed by atoms with Crippen LogP contribution in [0.15, 0.2) is 41.8 Å². The molecule has 2 aliphatic carbocycles. The lowest BCUT2D eigenvalue weighted by Gasteiger charge is -2.33. The lowest BCUT2D eigenvalue weighted by molar-refractivity contribution is -0.142. The van der Waals surface area contributed by atoms with Gasteiger partial charge < -0.3 is 9.64 Å². The molecule has 4 heterocycles. The van der Waals surface area contributed by atoms with Gasteiger partial charge in [0.15, 0.2) is 5.65 Å². The van der Waals surface area contributed by atoms with Gasteiger partial charge in [-0.1, -0.05) is 6.07 Å². The van der Waals surface area contributed by atoms with Crippen molar-refractivity contribution >= 4 is 28.9 Å². The van der Waals surface area contributed by atoms with Crippen LogP contribution in [0.4, 0.5) is 4.39 Å². The maximum atomic E-state index is 15.3. The quantitative estimate of drug-likeness (QED) is 0.318. The lowest BCUT2D eigenvalue weighted by Crippen LogP contribution is -2.38. The number of halogens is 1. The van der Waals surface area contributed by atoms with Crippen molar-refractivity contribution < 1.29 is 18.7 Å². The number of aromatic nitrogens is 3. The average molecular weight is 531 g/mol. The number of methoxy groups -OCH3 is 1. The molecule has 9 heteroatoms. The van der Waals surface area contributed by atoms with E-state index in [2.05, 4.69) is 18.4 Å². The molecule has 3 aliphatic rings. The maximum Gasteiger partial charge on any atom is 0.309 e. The predicted octanol–water partition coefficient (Wildman–Crippen LogP) is 5.51. The summed E-state index contributed by atoms with van der Waals surface area (Å²) in [6, 6.07) is 10.8. The van der Waals surface area contributed by atoms with Crippen LogP contribution in [0.2, 0.25) is 0 Å². The number of hydrogen-bond acceptors (Lipinski definition) is 6. The van der Waals surface area contributed by atoms with Gasteiger partial charge in [0.1, 0.15) is 11.5 Å². The molecule has 38 heavy (non-hydrogen) atoms. The van der Waals surface area contributed by atoms with E-state index in [0.717, 1.165) is 30.5 Å². The number of carbonyl (C=O) groups excluding carboxylic acids is 2. The first kappa shape index (κ1) is 23.5. The van der Waals surface area contributed by atoms with E-state index in [1.807, 2.05) is 17.0 Å². The zero-order valence-corrected chi connectivity index (χ0v) is 22.0. The Morgan fingerprint density at radius 3 is 2.76 bits per heavy atom. The topological polar surface area (TPSA) is 76.8 Å². The van der Waals surface area contributed by atoms with Crippen LogP contribution in [0, 0.1) is 11.7 Å². The van der Waals surface area contributed by atoms with Gasteiger partial charge in [-0.2, -0.15) is 5.10 Å². The van der Waals surface area contributed by atoms with Gasteiger partial charge in [-0.05, 0) is 79.3 Å². The first-order valence-electron chi connectivity index (χ1n) is 13.1. The highest BCUT2D eigenvalue weighted by molar-refractivity contribution is 7.10. The third-order valence-electron chi connectivity index (χ3n) is 8.20. The zero-order chi connectivity index (χ0) is 26.1. The van der Waals surface area contributed by atoms with Gasteiger partial charge in [0, 0.05) is 34.7 Å². The number of ether oxygens (including phenoxy) is 1. The molecular formula is C29H27FN4O3S. The number of thiophene rings is 1. The van der Waals surface area contributed by atoms with Crippen LogP contribution in [0.5, 0.6) is 0 Å². The largest absolute Gasteiger partial charge is 0.469 e. The molecule has 4 aromatic rings. The van der Waals surface area contributed by atoms with Crippen LogP contribution in [0.1, 0.15) is 76.3 Å². The van der Waals surface area contributed by atoms with E-state index in [9.17, 15) is 9.59 Å². The highest BCUT2D eigenvalue weighted by Gasteiger charge is 2.45. The third kappa shape index (κ3) is 3.83. The Labute approximate surface area is 223 Å². The van der Waals surface area contributed by atoms with E-state index in [1.165, 1.54) is 23.6 Å². The van der Waals surface area contributed by atoms with E-state index in [4.69, 9.17) is 14.8 Å². The first-order chi connectivity index (χ1) is 18.4. The minimum Gasteiger partial charge on any atom is -0.469 e. The number of rotatable bonds is 5. The van der Waals surface area contributed by atoms with E-state index in [1.54, 1.807) is 28.0 Å². The molecule has 3 atom stereocenters. The third-order valence-corrected chi connectivity index (χ3v) is 9.20. The van der Waals surface area contributed by atoms with Crippen LogP contribution < -0.4 is 0 Å². The Hall–Kier alpha value is -3.59. The minimum atomic E-state index is -0.389. The monoisotopic (exact) mass is 530 g/mol. The van der Waals surface area contributed by atoms with Crippen molar-refractivity contribution in [2.45, 2.75) is 50.5 Å². The summed E-state index contributed by atoms with van der Waals surface area (Å²) in [6.45, 7) is 2.74. The molecule has 2 fully saturated rings.